The van der Waals surface area contributed by atoms with Crippen LogP contribution in [0.1, 0.15) is 34.6 Å². The maximum atomic E-state index is 12.3. The van der Waals surface area contributed by atoms with E-state index in [0.717, 1.165) is 0 Å². The van der Waals surface area contributed by atoms with E-state index in [1.165, 1.54) is 7.11 Å². The summed E-state index contributed by atoms with van der Waals surface area (Å²) in [5.41, 5.74) is 1.35. The third-order valence-corrected chi connectivity index (χ3v) is 4.12. The minimum Gasteiger partial charge on any atom is -0.483 e. The summed E-state index contributed by atoms with van der Waals surface area (Å²) in [6, 6.07) is 13.2. The molecule has 0 aliphatic carbocycles. The van der Waals surface area contributed by atoms with E-state index < -0.39 is 5.97 Å². The predicted octanol–water partition coefficient (Wildman–Crippen LogP) is 2.97. The molecule has 0 atom stereocenters. The lowest BCUT2D eigenvalue weighted by Crippen LogP contribution is -2.30. The maximum absolute atomic E-state index is 12.3. The fourth-order valence-electron chi connectivity index (χ4n) is 2.60. The van der Waals surface area contributed by atoms with Crippen LogP contribution in [0.4, 0.5) is 5.69 Å². The van der Waals surface area contributed by atoms with E-state index in [4.69, 9.17) is 9.47 Å². The number of para-hydroxylation sites is 1. The van der Waals surface area contributed by atoms with E-state index in [1.54, 1.807) is 53.4 Å². The lowest BCUT2D eigenvalue weighted by atomic mass is 10.1. The van der Waals surface area contributed by atoms with Crippen molar-refractivity contribution in [2.75, 3.05) is 32.1 Å². The zero-order valence-corrected chi connectivity index (χ0v) is 16.2. The number of carbonyl (C=O) groups excluding carboxylic acids is 3. The number of methoxy groups -OCH3 is 1. The molecule has 2 aromatic rings. The van der Waals surface area contributed by atoms with Gasteiger partial charge in [-0.2, -0.15) is 0 Å². The lowest BCUT2D eigenvalue weighted by Gasteiger charge is -2.18. The Morgan fingerprint density at radius 3 is 2.21 bits per heavy atom. The first-order chi connectivity index (χ1) is 13.5. The molecule has 2 amide bonds. The van der Waals surface area contributed by atoms with Crippen molar-refractivity contribution >= 4 is 23.5 Å². The van der Waals surface area contributed by atoms with Crippen LogP contribution in [0.2, 0.25) is 0 Å². The van der Waals surface area contributed by atoms with Crippen molar-refractivity contribution in [1.82, 2.24) is 4.90 Å². The summed E-state index contributed by atoms with van der Waals surface area (Å²) in [6.45, 7) is 4.85. The van der Waals surface area contributed by atoms with Gasteiger partial charge >= 0.3 is 5.97 Å². The zero-order chi connectivity index (χ0) is 20.5. The highest BCUT2D eigenvalue weighted by Gasteiger charge is 2.14. The molecule has 2 aromatic carbocycles. The predicted molar refractivity (Wildman–Crippen MR) is 106 cm³/mol. The SMILES string of the molecule is CCN(CC)C(=O)c1ccc(NC(=O)COc2ccccc2C(=O)OC)cc1. The third-order valence-electron chi connectivity index (χ3n) is 4.12. The molecule has 1 N–H and O–H groups in total. The van der Waals surface area contributed by atoms with Gasteiger partial charge in [0.25, 0.3) is 11.8 Å². The Labute approximate surface area is 164 Å². The number of amides is 2. The lowest BCUT2D eigenvalue weighted by molar-refractivity contribution is -0.118. The van der Waals surface area contributed by atoms with Gasteiger partial charge in [-0.3, -0.25) is 9.59 Å². The molecule has 0 saturated carbocycles. The van der Waals surface area contributed by atoms with Gasteiger partial charge < -0.3 is 19.7 Å². The monoisotopic (exact) mass is 384 g/mol. The number of hydrogen-bond acceptors (Lipinski definition) is 5. The van der Waals surface area contributed by atoms with Gasteiger partial charge in [0, 0.05) is 24.3 Å². The molecule has 7 heteroatoms. The number of ether oxygens (including phenoxy) is 2. The van der Waals surface area contributed by atoms with Gasteiger partial charge in [0.1, 0.15) is 11.3 Å². The summed E-state index contributed by atoms with van der Waals surface area (Å²) in [6.07, 6.45) is 0. The smallest absolute Gasteiger partial charge is 0.341 e. The molecule has 2 rings (SSSR count). The van der Waals surface area contributed by atoms with Gasteiger partial charge in [-0.1, -0.05) is 12.1 Å². The van der Waals surface area contributed by atoms with Gasteiger partial charge in [-0.05, 0) is 50.2 Å². The van der Waals surface area contributed by atoms with Crippen molar-refractivity contribution in [1.29, 1.82) is 0 Å². The highest BCUT2D eigenvalue weighted by molar-refractivity contribution is 5.96. The maximum Gasteiger partial charge on any atom is 0.341 e. The standard InChI is InChI=1S/C21H24N2O5/c1-4-23(5-2)20(25)15-10-12-16(13-11-15)22-19(24)14-28-18-9-7-6-8-17(18)21(26)27-3/h6-13H,4-5,14H2,1-3H3,(H,22,24). The molecule has 0 heterocycles. The summed E-state index contributed by atoms with van der Waals surface area (Å²) in [7, 11) is 1.28. The van der Waals surface area contributed by atoms with Gasteiger partial charge in [-0.25, -0.2) is 4.79 Å². The first-order valence-electron chi connectivity index (χ1n) is 8.99. The van der Waals surface area contributed by atoms with Crippen LogP contribution in [-0.4, -0.2) is 49.5 Å². The normalized spacial score (nSPS) is 10.1. The summed E-state index contributed by atoms with van der Waals surface area (Å²) in [5.74, 6) is -0.706. The quantitative estimate of drug-likeness (QED) is 0.708. The largest absolute Gasteiger partial charge is 0.483 e. The van der Waals surface area contributed by atoms with Gasteiger partial charge in [0.2, 0.25) is 0 Å². The number of esters is 1. The van der Waals surface area contributed by atoms with Crippen LogP contribution < -0.4 is 10.1 Å². The summed E-state index contributed by atoms with van der Waals surface area (Å²) >= 11 is 0. The second-order valence-corrected chi connectivity index (χ2v) is 5.88. The first-order valence-corrected chi connectivity index (χ1v) is 8.99. The number of anilines is 1. The van der Waals surface area contributed by atoms with Crippen molar-refractivity contribution < 1.29 is 23.9 Å². The first kappa shape index (κ1) is 21.0. The van der Waals surface area contributed by atoms with E-state index in [2.05, 4.69) is 5.32 Å². The van der Waals surface area contributed by atoms with Crippen molar-refractivity contribution in [3.05, 3.63) is 59.7 Å². The Hall–Kier alpha value is -3.35. The van der Waals surface area contributed by atoms with Crippen molar-refractivity contribution in [3.8, 4) is 5.75 Å². The fourth-order valence-corrected chi connectivity index (χ4v) is 2.60. The van der Waals surface area contributed by atoms with Gasteiger partial charge in [-0.15, -0.1) is 0 Å². The Morgan fingerprint density at radius 1 is 0.964 bits per heavy atom. The average Bonchev–Trinajstić information content (AvgIpc) is 2.73. The number of rotatable bonds is 8. The second kappa shape index (κ2) is 10.1. The molecule has 0 bridgehead atoms. The Kier molecular flexibility index (Phi) is 7.56. The van der Waals surface area contributed by atoms with Crippen LogP contribution in [0, 0.1) is 0 Å². The van der Waals surface area contributed by atoms with Crippen molar-refractivity contribution in [3.63, 3.8) is 0 Å². The summed E-state index contributed by atoms with van der Waals surface area (Å²) < 4.78 is 10.1. The molecule has 0 fully saturated rings. The molecule has 0 aliphatic rings. The molecular weight excluding hydrogens is 360 g/mol. The molecule has 0 aliphatic heterocycles. The van der Waals surface area contributed by atoms with Crippen molar-refractivity contribution in [2.24, 2.45) is 0 Å². The Morgan fingerprint density at radius 2 is 1.61 bits per heavy atom. The van der Waals surface area contributed by atoms with Crippen LogP contribution in [0.5, 0.6) is 5.75 Å². The fraction of sp³-hybridized carbons (Fsp3) is 0.286. The molecule has 148 valence electrons. The van der Waals surface area contributed by atoms with Gasteiger partial charge in [0.05, 0.1) is 7.11 Å². The molecule has 0 spiro atoms. The van der Waals surface area contributed by atoms with E-state index in [0.29, 0.717) is 24.3 Å². The van der Waals surface area contributed by atoms with Gasteiger partial charge in [0.15, 0.2) is 6.61 Å². The van der Waals surface area contributed by atoms with Crippen LogP contribution in [-0.2, 0) is 9.53 Å². The molecule has 28 heavy (non-hydrogen) atoms. The Balaban J connectivity index is 1.95. The number of nitrogens with one attached hydrogen (secondary N) is 1. The number of nitrogens with zero attached hydrogens (tertiary/aromatic N) is 1. The second-order valence-electron chi connectivity index (χ2n) is 5.88. The van der Waals surface area contributed by atoms with Crippen molar-refractivity contribution in [2.45, 2.75) is 13.8 Å². The molecular formula is C21H24N2O5. The highest BCUT2D eigenvalue weighted by Crippen LogP contribution is 2.19. The van der Waals surface area contributed by atoms with Crippen LogP contribution >= 0.6 is 0 Å². The topological polar surface area (TPSA) is 84.9 Å². The summed E-state index contributed by atoms with van der Waals surface area (Å²) in [4.78, 5) is 37.9. The molecule has 0 radical (unpaired) electrons. The average molecular weight is 384 g/mol. The van der Waals surface area contributed by atoms with E-state index in [-0.39, 0.29) is 29.7 Å². The minimum absolute atomic E-state index is 0.0503. The number of hydrogen-bond donors (Lipinski definition) is 1. The Bertz CT molecular complexity index is 829. The van der Waals surface area contributed by atoms with Crippen LogP contribution in [0.15, 0.2) is 48.5 Å². The minimum atomic E-state index is -0.538. The zero-order valence-electron chi connectivity index (χ0n) is 16.2. The summed E-state index contributed by atoms with van der Waals surface area (Å²) in [5, 5.41) is 2.69. The third kappa shape index (κ3) is 5.33. The molecule has 0 aromatic heterocycles. The molecule has 0 unspecified atom stereocenters. The van der Waals surface area contributed by atoms with Crippen LogP contribution in [0.3, 0.4) is 0 Å². The van der Waals surface area contributed by atoms with Crippen LogP contribution in [0.25, 0.3) is 0 Å². The van der Waals surface area contributed by atoms with E-state index in [1.807, 2.05) is 13.8 Å². The highest BCUT2D eigenvalue weighted by atomic mass is 16.5. The molecule has 7 nitrogen and oxygen atoms in total. The number of benzene rings is 2. The van der Waals surface area contributed by atoms with E-state index >= 15 is 0 Å². The van der Waals surface area contributed by atoms with E-state index in [9.17, 15) is 14.4 Å². The number of carbonyl (C=O) groups is 3. The molecule has 0 saturated heterocycles.